The molecule has 0 aliphatic carbocycles. The summed E-state index contributed by atoms with van der Waals surface area (Å²) in [5, 5.41) is 17.4. The number of aromatic hydroxyl groups is 1. The number of para-hydroxylation sites is 1. The first-order chi connectivity index (χ1) is 15.7. The van der Waals surface area contributed by atoms with Crippen LogP contribution in [0, 0.1) is 0 Å². The van der Waals surface area contributed by atoms with Gasteiger partial charge in [0.25, 0.3) is 0 Å². The molecule has 0 atom stereocenters. The van der Waals surface area contributed by atoms with Crippen LogP contribution in [0.2, 0.25) is 0 Å². The summed E-state index contributed by atoms with van der Waals surface area (Å²) in [4.78, 5) is 15.8. The Kier molecular flexibility index (Phi) is 6.96. The van der Waals surface area contributed by atoms with Gasteiger partial charge in [0, 0.05) is 18.8 Å². The second-order valence-corrected chi connectivity index (χ2v) is 7.35. The summed E-state index contributed by atoms with van der Waals surface area (Å²) in [7, 11) is 0. The molecular formula is C23H27N7O2. The number of aromatic nitrogens is 3. The number of nitrogens with zero attached hydrogens (tertiary/aromatic N) is 5. The summed E-state index contributed by atoms with van der Waals surface area (Å²) in [5.74, 6) is 1.93. The van der Waals surface area contributed by atoms with Gasteiger partial charge in [-0.15, -0.1) is 0 Å². The summed E-state index contributed by atoms with van der Waals surface area (Å²) in [6.45, 7) is 4.17. The highest BCUT2D eigenvalue weighted by Crippen LogP contribution is 2.26. The zero-order chi connectivity index (χ0) is 22.2. The van der Waals surface area contributed by atoms with Gasteiger partial charge in [0.05, 0.1) is 12.8 Å². The number of ether oxygens (including phenoxy) is 1. The number of nitrogens with one attached hydrogen (secondary N) is 2. The second-order valence-electron chi connectivity index (χ2n) is 7.35. The maximum atomic E-state index is 9.85. The number of hydrazone groups is 1. The van der Waals surface area contributed by atoms with Crippen LogP contribution in [0.15, 0.2) is 53.6 Å². The zero-order valence-electron chi connectivity index (χ0n) is 18.0. The molecule has 0 bridgehead atoms. The van der Waals surface area contributed by atoms with Crippen LogP contribution in [-0.4, -0.2) is 46.0 Å². The van der Waals surface area contributed by atoms with Crippen LogP contribution in [0.25, 0.3) is 0 Å². The van der Waals surface area contributed by atoms with Gasteiger partial charge in [-0.2, -0.15) is 20.1 Å². The van der Waals surface area contributed by atoms with Crippen molar-refractivity contribution >= 4 is 29.7 Å². The SMILES string of the molecule is CCOc1cc(C=NNc2nc(Nc3ccccc3)nc(N3CCCCC3)n2)ccc1O. The van der Waals surface area contributed by atoms with Gasteiger partial charge in [-0.3, -0.25) is 0 Å². The maximum absolute atomic E-state index is 9.85. The average Bonchev–Trinajstić information content (AvgIpc) is 2.82. The third-order valence-corrected chi connectivity index (χ3v) is 4.95. The van der Waals surface area contributed by atoms with E-state index in [1.54, 1.807) is 24.4 Å². The molecule has 0 radical (unpaired) electrons. The number of phenols is 1. The van der Waals surface area contributed by atoms with Gasteiger partial charge in [-0.1, -0.05) is 18.2 Å². The minimum absolute atomic E-state index is 0.0947. The van der Waals surface area contributed by atoms with E-state index in [0.717, 1.165) is 37.2 Å². The first kappa shape index (κ1) is 21.4. The van der Waals surface area contributed by atoms with Gasteiger partial charge < -0.3 is 20.1 Å². The van der Waals surface area contributed by atoms with Crippen LogP contribution in [-0.2, 0) is 0 Å². The molecule has 0 amide bonds. The molecule has 2 heterocycles. The van der Waals surface area contributed by atoms with Crippen molar-refractivity contribution in [3.05, 3.63) is 54.1 Å². The normalized spacial score (nSPS) is 13.8. The molecule has 32 heavy (non-hydrogen) atoms. The van der Waals surface area contributed by atoms with E-state index >= 15 is 0 Å². The number of hydrogen-bond acceptors (Lipinski definition) is 9. The Morgan fingerprint density at radius 2 is 1.81 bits per heavy atom. The van der Waals surface area contributed by atoms with Crippen molar-refractivity contribution < 1.29 is 9.84 Å². The lowest BCUT2D eigenvalue weighted by atomic mass is 10.1. The number of piperidine rings is 1. The maximum Gasteiger partial charge on any atom is 0.250 e. The minimum Gasteiger partial charge on any atom is -0.504 e. The predicted molar refractivity (Wildman–Crippen MR) is 126 cm³/mol. The smallest absolute Gasteiger partial charge is 0.250 e. The van der Waals surface area contributed by atoms with E-state index < -0.39 is 0 Å². The Hall–Kier alpha value is -3.88. The summed E-state index contributed by atoms with van der Waals surface area (Å²) >= 11 is 0. The monoisotopic (exact) mass is 433 g/mol. The lowest BCUT2D eigenvalue weighted by molar-refractivity contribution is 0.318. The predicted octanol–water partition coefficient (Wildman–Crippen LogP) is 4.16. The van der Waals surface area contributed by atoms with Crippen LogP contribution in [0.5, 0.6) is 11.5 Å². The molecule has 0 spiro atoms. The highest BCUT2D eigenvalue weighted by molar-refractivity contribution is 5.81. The average molecular weight is 434 g/mol. The van der Waals surface area contributed by atoms with Crippen LogP contribution in [0.4, 0.5) is 23.5 Å². The van der Waals surface area contributed by atoms with Crippen molar-refractivity contribution in [3.8, 4) is 11.5 Å². The van der Waals surface area contributed by atoms with Crippen LogP contribution >= 0.6 is 0 Å². The largest absolute Gasteiger partial charge is 0.504 e. The Morgan fingerprint density at radius 1 is 1.03 bits per heavy atom. The molecule has 166 valence electrons. The molecule has 9 heteroatoms. The van der Waals surface area contributed by atoms with E-state index in [2.05, 4.69) is 35.7 Å². The van der Waals surface area contributed by atoms with Crippen LogP contribution < -0.4 is 20.4 Å². The Morgan fingerprint density at radius 3 is 2.59 bits per heavy atom. The van der Waals surface area contributed by atoms with E-state index in [4.69, 9.17) is 4.74 Å². The van der Waals surface area contributed by atoms with Crippen molar-refractivity contribution in [1.82, 2.24) is 15.0 Å². The van der Waals surface area contributed by atoms with Gasteiger partial charge in [0.2, 0.25) is 17.8 Å². The highest BCUT2D eigenvalue weighted by atomic mass is 16.5. The summed E-state index contributed by atoms with van der Waals surface area (Å²) in [6.07, 6.45) is 5.09. The third kappa shape index (κ3) is 5.63. The molecule has 0 saturated carbocycles. The molecule has 1 fully saturated rings. The van der Waals surface area contributed by atoms with Crippen LogP contribution in [0.1, 0.15) is 31.7 Å². The molecule has 4 rings (SSSR count). The van der Waals surface area contributed by atoms with Gasteiger partial charge in [0.15, 0.2) is 11.5 Å². The Labute approximate surface area is 187 Å². The van der Waals surface area contributed by atoms with Gasteiger partial charge in [0.1, 0.15) is 0 Å². The Balaban J connectivity index is 1.54. The number of benzene rings is 2. The van der Waals surface area contributed by atoms with Gasteiger partial charge in [-0.25, -0.2) is 5.43 Å². The highest BCUT2D eigenvalue weighted by Gasteiger charge is 2.16. The van der Waals surface area contributed by atoms with E-state index in [0.29, 0.717) is 30.2 Å². The lowest BCUT2D eigenvalue weighted by Gasteiger charge is -2.26. The number of phenolic OH excluding ortho intramolecular Hbond substituents is 1. The fourth-order valence-electron chi connectivity index (χ4n) is 3.40. The van der Waals surface area contributed by atoms with Crippen molar-refractivity contribution in [3.63, 3.8) is 0 Å². The standard InChI is InChI=1S/C23H27N7O2/c1-2-32-20-15-17(11-12-19(20)31)16-24-29-22-26-21(25-18-9-5-3-6-10-18)27-23(28-22)30-13-7-4-8-14-30/h3,5-6,9-12,15-16,31H,2,4,7-8,13-14H2,1H3,(H2,25,26,27,28,29). The van der Waals surface area contributed by atoms with Crippen molar-refractivity contribution in [1.29, 1.82) is 0 Å². The number of anilines is 4. The third-order valence-electron chi connectivity index (χ3n) is 4.95. The van der Waals surface area contributed by atoms with Gasteiger partial charge >= 0.3 is 0 Å². The van der Waals surface area contributed by atoms with E-state index in [-0.39, 0.29) is 5.75 Å². The zero-order valence-corrected chi connectivity index (χ0v) is 18.0. The molecule has 3 aromatic rings. The number of hydrogen-bond donors (Lipinski definition) is 3. The molecule has 3 N–H and O–H groups in total. The number of rotatable bonds is 8. The fraction of sp³-hybridized carbons (Fsp3) is 0.304. The van der Waals surface area contributed by atoms with E-state index in [9.17, 15) is 5.11 Å². The van der Waals surface area contributed by atoms with E-state index in [1.165, 1.54) is 6.42 Å². The molecular weight excluding hydrogens is 406 g/mol. The molecule has 9 nitrogen and oxygen atoms in total. The van der Waals surface area contributed by atoms with Crippen molar-refractivity contribution in [2.45, 2.75) is 26.2 Å². The van der Waals surface area contributed by atoms with E-state index in [1.807, 2.05) is 37.3 Å². The minimum atomic E-state index is 0.0947. The topological polar surface area (TPSA) is 108 Å². The quantitative estimate of drug-likeness (QED) is 0.359. The second kappa shape index (κ2) is 10.4. The molecule has 0 unspecified atom stereocenters. The molecule has 2 aromatic carbocycles. The first-order valence-corrected chi connectivity index (χ1v) is 10.8. The molecule has 1 aliphatic heterocycles. The lowest BCUT2D eigenvalue weighted by Crippen LogP contribution is -2.31. The summed E-state index contributed by atoms with van der Waals surface area (Å²) < 4.78 is 5.42. The molecule has 1 saturated heterocycles. The van der Waals surface area contributed by atoms with Crippen molar-refractivity contribution in [2.75, 3.05) is 35.3 Å². The van der Waals surface area contributed by atoms with Crippen molar-refractivity contribution in [2.24, 2.45) is 5.10 Å². The summed E-state index contributed by atoms with van der Waals surface area (Å²) in [6, 6.07) is 14.8. The molecule has 1 aliphatic rings. The van der Waals surface area contributed by atoms with Crippen LogP contribution in [0.3, 0.4) is 0 Å². The Bertz CT molecular complexity index is 1050. The molecule has 1 aromatic heterocycles. The summed E-state index contributed by atoms with van der Waals surface area (Å²) in [5.41, 5.74) is 4.57. The fourth-order valence-corrected chi connectivity index (χ4v) is 3.40. The first-order valence-electron chi connectivity index (χ1n) is 10.8. The van der Waals surface area contributed by atoms with Gasteiger partial charge in [-0.05, 0) is 62.1 Å².